The zero-order chi connectivity index (χ0) is 19.2. The van der Waals surface area contributed by atoms with E-state index in [2.05, 4.69) is 10.3 Å². The second kappa shape index (κ2) is 8.80. The Morgan fingerprint density at radius 1 is 1.15 bits per heavy atom. The van der Waals surface area contributed by atoms with Gasteiger partial charge in [0.05, 0.1) is 18.2 Å². The number of hydrogen-bond donors (Lipinski definition) is 1. The summed E-state index contributed by atoms with van der Waals surface area (Å²) in [6.07, 6.45) is 3.93. The Kier molecular flexibility index (Phi) is 6.22. The van der Waals surface area contributed by atoms with E-state index in [1.807, 2.05) is 54.3 Å². The number of carbonyl (C=O) groups excluding carboxylic acids is 2. The van der Waals surface area contributed by atoms with Crippen molar-refractivity contribution < 1.29 is 9.59 Å². The van der Waals surface area contributed by atoms with Crippen molar-refractivity contribution in [3.05, 3.63) is 65.5 Å². The van der Waals surface area contributed by atoms with E-state index in [9.17, 15) is 9.59 Å². The summed E-state index contributed by atoms with van der Waals surface area (Å²) in [5, 5.41) is 3.05. The van der Waals surface area contributed by atoms with Gasteiger partial charge >= 0.3 is 0 Å². The number of amides is 2. The van der Waals surface area contributed by atoms with Gasteiger partial charge in [-0.3, -0.25) is 14.6 Å². The molecule has 1 aliphatic rings. The molecule has 27 heavy (non-hydrogen) atoms. The number of aryl methyl sites for hydroxylation is 1. The lowest BCUT2D eigenvalue weighted by Gasteiger charge is -2.36. The van der Waals surface area contributed by atoms with Crippen LogP contribution in [0.25, 0.3) is 0 Å². The number of pyridine rings is 1. The number of rotatable bonds is 5. The highest BCUT2D eigenvalue weighted by Crippen LogP contribution is 2.30. The van der Waals surface area contributed by atoms with Gasteiger partial charge in [0.2, 0.25) is 11.8 Å². The second-order valence-electron chi connectivity index (χ2n) is 7.25. The quantitative estimate of drug-likeness (QED) is 0.886. The third kappa shape index (κ3) is 4.94. The summed E-state index contributed by atoms with van der Waals surface area (Å²) in [7, 11) is 0. The van der Waals surface area contributed by atoms with E-state index >= 15 is 0 Å². The molecule has 2 amide bonds. The van der Waals surface area contributed by atoms with Gasteiger partial charge in [0.1, 0.15) is 0 Å². The SMILES string of the molecule is CC(=O)N[C@H](c1ccccn1)C1CCN(C(=O)Cc2ccccc2C)CC1. The Bertz CT molecular complexity index is 783. The number of benzene rings is 1. The minimum absolute atomic E-state index is 0.0521. The topological polar surface area (TPSA) is 62.3 Å². The van der Waals surface area contributed by atoms with Crippen LogP contribution in [0.4, 0.5) is 0 Å². The molecule has 0 radical (unpaired) electrons. The predicted molar refractivity (Wildman–Crippen MR) is 105 cm³/mol. The fourth-order valence-electron chi connectivity index (χ4n) is 3.78. The first-order valence-electron chi connectivity index (χ1n) is 9.55. The lowest BCUT2D eigenvalue weighted by molar-refractivity contribution is -0.132. The standard InChI is InChI=1S/C22H27N3O2/c1-16-7-3-4-8-19(16)15-21(27)25-13-10-18(11-14-25)22(24-17(2)26)20-9-5-6-12-23-20/h3-9,12,18,22H,10-11,13-15H2,1-2H3,(H,24,26)/t22-/m0/s1. The van der Waals surface area contributed by atoms with Crippen molar-refractivity contribution in [3.63, 3.8) is 0 Å². The first-order chi connectivity index (χ1) is 13.0. The molecule has 1 aromatic heterocycles. The van der Waals surface area contributed by atoms with Gasteiger partial charge in [-0.05, 0) is 48.9 Å². The lowest BCUT2D eigenvalue weighted by Crippen LogP contribution is -2.43. The van der Waals surface area contributed by atoms with Crippen LogP contribution in [-0.4, -0.2) is 34.8 Å². The molecule has 1 fully saturated rings. The molecule has 0 spiro atoms. The van der Waals surface area contributed by atoms with Crippen LogP contribution < -0.4 is 5.32 Å². The summed E-state index contributed by atoms with van der Waals surface area (Å²) in [6, 6.07) is 13.7. The maximum atomic E-state index is 12.7. The van der Waals surface area contributed by atoms with E-state index in [-0.39, 0.29) is 23.8 Å². The fourth-order valence-corrected chi connectivity index (χ4v) is 3.78. The van der Waals surface area contributed by atoms with Crippen LogP contribution in [0.2, 0.25) is 0 Å². The minimum atomic E-state index is -0.0997. The molecule has 3 rings (SSSR count). The van der Waals surface area contributed by atoms with Crippen LogP contribution in [0.15, 0.2) is 48.7 Å². The van der Waals surface area contributed by atoms with Gasteiger partial charge < -0.3 is 10.2 Å². The van der Waals surface area contributed by atoms with Crippen LogP contribution in [-0.2, 0) is 16.0 Å². The molecule has 0 aliphatic carbocycles. The van der Waals surface area contributed by atoms with E-state index < -0.39 is 0 Å². The van der Waals surface area contributed by atoms with Gasteiger partial charge in [-0.25, -0.2) is 0 Å². The van der Waals surface area contributed by atoms with Gasteiger partial charge in [-0.15, -0.1) is 0 Å². The predicted octanol–water partition coefficient (Wildman–Crippen LogP) is 3.05. The smallest absolute Gasteiger partial charge is 0.226 e. The highest BCUT2D eigenvalue weighted by atomic mass is 16.2. The summed E-state index contributed by atoms with van der Waals surface area (Å²) in [5.41, 5.74) is 3.13. The third-order valence-corrected chi connectivity index (χ3v) is 5.33. The maximum absolute atomic E-state index is 12.7. The largest absolute Gasteiger partial charge is 0.348 e. The molecule has 0 bridgehead atoms. The van der Waals surface area contributed by atoms with Crippen molar-refractivity contribution in [2.24, 2.45) is 5.92 Å². The molecule has 1 aromatic carbocycles. The van der Waals surface area contributed by atoms with Crippen molar-refractivity contribution in [3.8, 4) is 0 Å². The van der Waals surface area contributed by atoms with E-state index in [1.165, 1.54) is 6.92 Å². The molecule has 1 saturated heterocycles. The number of likely N-dealkylation sites (tertiary alicyclic amines) is 1. The van der Waals surface area contributed by atoms with Crippen molar-refractivity contribution in [2.45, 2.75) is 39.2 Å². The highest BCUT2D eigenvalue weighted by molar-refractivity contribution is 5.79. The molecule has 5 heteroatoms. The molecular formula is C22H27N3O2. The second-order valence-corrected chi connectivity index (χ2v) is 7.25. The van der Waals surface area contributed by atoms with Crippen molar-refractivity contribution >= 4 is 11.8 Å². The van der Waals surface area contributed by atoms with Gasteiger partial charge in [-0.1, -0.05) is 30.3 Å². The number of hydrogen-bond acceptors (Lipinski definition) is 3. The molecule has 142 valence electrons. The zero-order valence-corrected chi connectivity index (χ0v) is 16.0. The fraction of sp³-hybridized carbons (Fsp3) is 0.409. The summed E-state index contributed by atoms with van der Waals surface area (Å²) in [6.45, 7) is 5.02. The maximum Gasteiger partial charge on any atom is 0.226 e. The summed E-state index contributed by atoms with van der Waals surface area (Å²) < 4.78 is 0. The van der Waals surface area contributed by atoms with Gasteiger partial charge in [-0.2, -0.15) is 0 Å². The molecular weight excluding hydrogens is 338 g/mol. The van der Waals surface area contributed by atoms with Crippen molar-refractivity contribution in [1.29, 1.82) is 0 Å². The number of aromatic nitrogens is 1. The summed E-state index contributed by atoms with van der Waals surface area (Å²) >= 11 is 0. The van der Waals surface area contributed by atoms with Gasteiger partial charge in [0.25, 0.3) is 0 Å². The average molecular weight is 365 g/mol. The van der Waals surface area contributed by atoms with Gasteiger partial charge in [0.15, 0.2) is 0 Å². The average Bonchev–Trinajstić information content (AvgIpc) is 2.68. The van der Waals surface area contributed by atoms with Crippen LogP contribution in [0.5, 0.6) is 0 Å². The Hall–Kier alpha value is -2.69. The molecule has 5 nitrogen and oxygen atoms in total. The Balaban J connectivity index is 1.62. The number of nitrogens with zero attached hydrogens (tertiary/aromatic N) is 2. The van der Waals surface area contributed by atoms with Crippen LogP contribution in [0.1, 0.15) is 42.6 Å². The van der Waals surface area contributed by atoms with Crippen molar-refractivity contribution in [1.82, 2.24) is 15.2 Å². The number of nitrogens with one attached hydrogen (secondary N) is 1. The summed E-state index contributed by atoms with van der Waals surface area (Å²) in [4.78, 5) is 30.7. The zero-order valence-electron chi connectivity index (χ0n) is 16.0. The molecule has 1 atom stereocenters. The minimum Gasteiger partial charge on any atom is -0.348 e. The molecule has 2 aromatic rings. The normalized spacial score (nSPS) is 16.0. The Labute approximate surface area is 160 Å². The first kappa shape index (κ1) is 19.1. The monoisotopic (exact) mass is 365 g/mol. The highest BCUT2D eigenvalue weighted by Gasteiger charge is 2.30. The first-order valence-corrected chi connectivity index (χ1v) is 9.55. The molecule has 2 heterocycles. The Morgan fingerprint density at radius 2 is 1.85 bits per heavy atom. The number of carbonyl (C=O) groups is 2. The van der Waals surface area contributed by atoms with E-state index in [0.29, 0.717) is 6.42 Å². The van der Waals surface area contributed by atoms with E-state index in [1.54, 1.807) is 6.20 Å². The molecule has 1 aliphatic heterocycles. The third-order valence-electron chi connectivity index (χ3n) is 5.33. The van der Waals surface area contributed by atoms with Crippen LogP contribution >= 0.6 is 0 Å². The van der Waals surface area contributed by atoms with Crippen molar-refractivity contribution in [2.75, 3.05) is 13.1 Å². The molecule has 0 saturated carbocycles. The van der Waals surface area contributed by atoms with Crippen LogP contribution in [0.3, 0.4) is 0 Å². The van der Waals surface area contributed by atoms with Gasteiger partial charge in [0, 0.05) is 26.2 Å². The molecule has 0 unspecified atom stereocenters. The molecule has 1 N–H and O–H groups in total. The van der Waals surface area contributed by atoms with E-state index in [0.717, 1.165) is 42.8 Å². The summed E-state index contributed by atoms with van der Waals surface area (Å²) in [5.74, 6) is 0.409. The number of piperidine rings is 1. The van der Waals surface area contributed by atoms with E-state index in [4.69, 9.17) is 0 Å². The Morgan fingerprint density at radius 3 is 2.48 bits per heavy atom. The lowest BCUT2D eigenvalue weighted by atomic mass is 9.87. The van der Waals surface area contributed by atoms with Crippen LogP contribution in [0, 0.1) is 12.8 Å².